The average molecular weight is 394 g/mol. The van der Waals surface area contributed by atoms with Gasteiger partial charge in [0.2, 0.25) is 5.56 Å². The summed E-state index contributed by atoms with van der Waals surface area (Å²) in [4.78, 5) is 46.4. The molecule has 2 N–H and O–H groups in total. The average Bonchev–Trinajstić information content (AvgIpc) is 3.38. The lowest BCUT2D eigenvalue weighted by Crippen LogP contribution is -2.30. The van der Waals surface area contributed by atoms with Gasteiger partial charge in [0.25, 0.3) is 11.8 Å². The number of likely N-dealkylation sites (tertiary alicyclic amines) is 1. The van der Waals surface area contributed by atoms with Gasteiger partial charge in [-0.3, -0.25) is 19.4 Å². The maximum Gasteiger partial charge on any atom is 0.265 e. The first-order valence-corrected chi connectivity index (χ1v) is 9.74. The third-order valence-electron chi connectivity index (χ3n) is 4.64. The van der Waals surface area contributed by atoms with E-state index in [1.807, 2.05) is 11.0 Å². The van der Waals surface area contributed by atoms with Gasteiger partial charge in [0.05, 0.1) is 28.4 Å². The van der Waals surface area contributed by atoms with Crippen LogP contribution in [0.1, 0.15) is 43.8 Å². The van der Waals surface area contributed by atoms with Crippen molar-refractivity contribution in [3.05, 3.63) is 80.7 Å². The quantitative estimate of drug-likeness (QED) is 0.711. The van der Waals surface area contributed by atoms with Crippen LogP contribution in [0.15, 0.2) is 59.8 Å². The Labute approximate surface area is 165 Å². The highest BCUT2D eigenvalue weighted by molar-refractivity contribution is 7.14. The molecule has 8 heteroatoms. The van der Waals surface area contributed by atoms with Crippen molar-refractivity contribution in [3.8, 4) is 0 Å². The fourth-order valence-corrected chi connectivity index (χ4v) is 4.35. The van der Waals surface area contributed by atoms with E-state index >= 15 is 0 Å². The SMILES string of the molecule is O=C(Nc1cccnc1)c1ccc(C2CCCN2C(=O)c2ccc(=O)[nH]c2)s1. The molecule has 28 heavy (non-hydrogen) atoms. The number of thiophene rings is 1. The Morgan fingerprint density at radius 1 is 1.21 bits per heavy atom. The minimum absolute atomic E-state index is 0.0654. The zero-order valence-corrected chi connectivity index (χ0v) is 15.7. The molecule has 3 aromatic rings. The summed E-state index contributed by atoms with van der Waals surface area (Å²) >= 11 is 1.39. The number of aromatic amines is 1. The van der Waals surface area contributed by atoms with E-state index in [4.69, 9.17) is 0 Å². The maximum absolute atomic E-state index is 12.8. The highest BCUT2D eigenvalue weighted by atomic mass is 32.1. The molecule has 0 bridgehead atoms. The van der Waals surface area contributed by atoms with Gasteiger partial charge in [0.15, 0.2) is 0 Å². The zero-order valence-electron chi connectivity index (χ0n) is 14.9. The molecule has 0 aliphatic carbocycles. The zero-order chi connectivity index (χ0) is 19.5. The van der Waals surface area contributed by atoms with Gasteiger partial charge < -0.3 is 15.2 Å². The number of carbonyl (C=O) groups is 2. The topological polar surface area (TPSA) is 95.2 Å². The third kappa shape index (κ3) is 3.72. The monoisotopic (exact) mass is 394 g/mol. The molecule has 7 nitrogen and oxygen atoms in total. The maximum atomic E-state index is 12.8. The Morgan fingerprint density at radius 2 is 2.11 bits per heavy atom. The summed E-state index contributed by atoms with van der Waals surface area (Å²) in [5.74, 6) is -0.311. The number of aromatic nitrogens is 2. The molecule has 142 valence electrons. The van der Waals surface area contributed by atoms with Gasteiger partial charge >= 0.3 is 0 Å². The van der Waals surface area contributed by atoms with E-state index in [0.29, 0.717) is 22.7 Å². The molecule has 4 rings (SSSR count). The van der Waals surface area contributed by atoms with E-state index in [1.54, 1.807) is 30.6 Å². The molecule has 1 aliphatic rings. The van der Waals surface area contributed by atoms with E-state index in [2.05, 4.69) is 15.3 Å². The fourth-order valence-electron chi connectivity index (χ4n) is 3.30. The van der Waals surface area contributed by atoms with Crippen LogP contribution < -0.4 is 10.9 Å². The van der Waals surface area contributed by atoms with Crippen LogP contribution in [-0.4, -0.2) is 33.2 Å². The van der Waals surface area contributed by atoms with Crippen molar-refractivity contribution in [2.24, 2.45) is 0 Å². The number of anilines is 1. The van der Waals surface area contributed by atoms with Crippen molar-refractivity contribution in [2.45, 2.75) is 18.9 Å². The molecule has 0 aromatic carbocycles. The van der Waals surface area contributed by atoms with Crippen LogP contribution >= 0.6 is 11.3 Å². The Bertz CT molecular complexity index is 1040. The highest BCUT2D eigenvalue weighted by Gasteiger charge is 2.32. The molecule has 4 heterocycles. The molecule has 0 spiro atoms. The Morgan fingerprint density at radius 3 is 2.86 bits per heavy atom. The number of nitrogens with zero attached hydrogens (tertiary/aromatic N) is 2. The molecule has 0 radical (unpaired) electrons. The van der Waals surface area contributed by atoms with Crippen molar-refractivity contribution < 1.29 is 9.59 Å². The molecule has 1 fully saturated rings. The van der Waals surface area contributed by atoms with E-state index in [1.165, 1.54) is 29.7 Å². The Kier molecular flexibility index (Phi) is 5.03. The number of nitrogens with one attached hydrogen (secondary N) is 2. The molecule has 1 saturated heterocycles. The van der Waals surface area contributed by atoms with Crippen molar-refractivity contribution in [1.29, 1.82) is 0 Å². The van der Waals surface area contributed by atoms with Gasteiger partial charge in [-0.2, -0.15) is 0 Å². The van der Waals surface area contributed by atoms with Crippen LogP contribution in [0.25, 0.3) is 0 Å². The number of H-pyrrole nitrogens is 1. The first-order valence-electron chi connectivity index (χ1n) is 8.92. The van der Waals surface area contributed by atoms with Crippen LogP contribution in [0.2, 0.25) is 0 Å². The largest absolute Gasteiger partial charge is 0.331 e. The second-order valence-electron chi connectivity index (χ2n) is 6.50. The van der Waals surface area contributed by atoms with Gasteiger partial charge in [-0.05, 0) is 43.2 Å². The van der Waals surface area contributed by atoms with E-state index in [0.717, 1.165) is 17.7 Å². The van der Waals surface area contributed by atoms with Crippen molar-refractivity contribution >= 4 is 28.8 Å². The molecule has 2 amide bonds. The van der Waals surface area contributed by atoms with Gasteiger partial charge in [0.1, 0.15) is 0 Å². The minimum atomic E-state index is -0.239. The molecule has 0 saturated carbocycles. The van der Waals surface area contributed by atoms with Crippen LogP contribution in [0, 0.1) is 0 Å². The van der Waals surface area contributed by atoms with Crippen LogP contribution in [0.5, 0.6) is 0 Å². The first-order chi connectivity index (χ1) is 13.6. The summed E-state index contributed by atoms with van der Waals surface area (Å²) in [5.41, 5.74) is 0.854. The second kappa shape index (κ2) is 7.77. The second-order valence-corrected chi connectivity index (χ2v) is 7.61. The standard InChI is InChI=1S/C20H18N4O3S/c25-18-8-5-13(11-22-18)20(27)24-10-2-4-15(24)16-6-7-17(28-16)19(26)23-14-3-1-9-21-12-14/h1,3,5-9,11-12,15H,2,4,10H2,(H,22,25)(H,23,26). The van der Waals surface area contributed by atoms with Crippen LogP contribution in [0.3, 0.4) is 0 Å². The normalized spacial score (nSPS) is 16.1. The first kappa shape index (κ1) is 18.1. The predicted octanol–water partition coefficient (Wildman–Crippen LogP) is 3.06. The highest BCUT2D eigenvalue weighted by Crippen LogP contribution is 2.36. The number of amides is 2. The Hall–Kier alpha value is -3.26. The minimum Gasteiger partial charge on any atom is -0.331 e. The fraction of sp³-hybridized carbons (Fsp3) is 0.200. The van der Waals surface area contributed by atoms with Crippen LogP contribution in [0.4, 0.5) is 5.69 Å². The van der Waals surface area contributed by atoms with Gasteiger partial charge in [-0.15, -0.1) is 11.3 Å². The molecular weight excluding hydrogens is 376 g/mol. The van der Waals surface area contributed by atoms with Crippen molar-refractivity contribution in [1.82, 2.24) is 14.9 Å². The van der Waals surface area contributed by atoms with E-state index < -0.39 is 0 Å². The lowest BCUT2D eigenvalue weighted by atomic mass is 10.1. The molecule has 1 aliphatic heterocycles. The van der Waals surface area contributed by atoms with E-state index in [9.17, 15) is 14.4 Å². The summed E-state index contributed by atoms with van der Waals surface area (Å²) in [7, 11) is 0. The van der Waals surface area contributed by atoms with Gasteiger partial charge in [-0.25, -0.2) is 0 Å². The number of rotatable bonds is 4. The summed E-state index contributed by atoms with van der Waals surface area (Å²) in [5, 5.41) is 2.82. The molecule has 3 aromatic heterocycles. The summed E-state index contributed by atoms with van der Waals surface area (Å²) in [6, 6.07) is 10.1. The predicted molar refractivity (Wildman–Crippen MR) is 107 cm³/mol. The smallest absolute Gasteiger partial charge is 0.265 e. The number of hydrogen-bond acceptors (Lipinski definition) is 5. The lowest BCUT2D eigenvalue weighted by molar-refractivity contribution is 0.0737. The van der Waals surface area contributed by atoms with Gasteiger partial charge in [0, 0.05) is 29.9 Å². The van der Waals surface area contributed by atoms with Crippen molar-refractivity contribution in [2.75, 3.05) is 11.9 Å². The van der Waals surface area contributed by atoms with Crippen molar-refractivity contribution in [3.63, 3.8) is 0 Å². The number of carbonyl (C=O) groups excluding carboxylic acids is 2. The van der Waals surface area contributed by atoms with Crippen LogP contribution in [-0.2, 0) is 0 Å². The summed E-state index contributed by atoms with van der Waals surface area (Å²) in [6.45, 7) is 0.651. The lowest BCUT2D eigenvalue weighted by Gasteiger charge is -2.23. The molecule has 1 atom stereocenters. The molecular formula is C20H18N4O3S. The van der Waals surface area contributed by atoms with Gasteiger partial charge in [-0.1, -0.05) is 0 Å². The Balaban J connectivity index is 1.50. The third-order valence-corrected chi connectivity index (χ3v) is 5.83. The number of hydrogen-bond donors (Lipinski definition) is 2. The van der Waals surface area contributed by atoms with E-state index in [-0.39, 0.29) is 23.4 Å². The molecule has 1 unspecified atom stereocenters. The number of pyridine rings is 2. The summed E-state index contributed by atoms with van der Waals surface area (Å²) in [6.07, 6.45) is 6.43. The summed E-state index contributed by atoms with van der Waals surface area (Å²) < 4.78 is 0.